The van der Waals surface area contributed by atoms with Crippen LogP contribution in [0.3, 0.4) is 0 Å². The molecule has 7 heteroatoms. The van der Waals surface area contributed by atoms with Gasteiger partial charge < -0.3 is 4.57 Å². The van der Waals surface area contributed by atoms with Gasteiger partial charge in [0.1, 0.15) is 4.90 Å². The molecule has 1 fully saturated rings. The monoisotopic (exact) mass is 459 g/mol. The van der Waals surface area contributed by atoms with Crippen molar-refractivity contribution < 1.29 is 13.2 Å². The van der Waals surface area contributed by atoms with Crippen molar-refractivity contribution in [2.75, 3.05) is 6.54 Å². The van der Waals surface area contributed by atoms with Gasteiger partial charge in [-0.25, -0.2) is 8.42 Å². The van der Waals surface area contributed by atoms with E-state index in [1.165, 1.54) is 22.8 Å². The van der Waals surface area contributed by atoms with Crippen molar-refractivity contribution in [1.29, 1.82) is 0 Å². The molecule has 0 saturated heterocycles. The van der Waals surface area contributed by atoms with Crippen LogP contribution >= 0.6 is 0 Å². The summed E-state index contributed by atoms with van der Waals surface area (Å²) in [6, 6.07) is 20.6. The molecule has 6 nitrogen and oxygen atoms in total. The van der Waals surface area contributed by atoms with Crippen molar-refractivity contribution in [2.24, 2.45) is 0 Å². The third kappa shape index (κ3) is 3.87. The van der Waals surface area contributed by atoms with Gasteiger partial charge in [0.15, 0.2) is 5.78 Å². The van der Waals surface area contributed by atoms with Gasteiger partial charge in [0.25, 0.3) is 0 Å². The number of hydrogen-bond donors (Lipinski definition) is 0. The Balaban J connectivity index is 1.63. The Morgan fingerprint density at radius 3 is 2.42 bits per heavy atom. The predicted molar refractivity (Wildman–Crippen MR) is 129 cm³/mol. The Hall–Kier alpha value is -3.29. The molecular weight excluding hydrogens is 434 g/mol. The van der Waals surface area contributed by atoms with E-state index in [4.69, 9.17) is 0 Å². The molecule has 168 valence electrons. The van der Waals surface area contributed by atoms with E-state index in [1.807, 2.05) is 54.6 Å². The minimum Gasteiger partial charge on any atom is -0.340 e. The summed E-state index contributed by atoms with van der Waals surface area (Å²) >= 11 is 0. The number of benzene rings is 2. The normalized spacial score (nSPS) is 14.1. The molecule has 0 spiro atoms. The van der Waals surface area contributed by atoms with Crippen LogP contribution in [0.4, 0.5) is 0 Å². The lowest BCUT2D eigenvalue weighted by atomic mass is 10.0. The van der Waals surface area contributed by atoms with Crippen LogP contribution in [0.25, 0.3) is 22.2 Å². The molecule has 0 radical (unpaired) electrons. The molecule has 1 aliphatic rings. The third-order valence-electron chi connectivity index (χ3n) is 6.11. The number of carbonyl (C=O) groups excluding carboxylic acids is 1. The highest BCUT2D eigenvalue weighted by molar-refractivity contribution is 7.89. The molecule has 0 atom stereocenters. The van der Waals surface area contributed by atoms with Crippen molar-refractivity contribution in [3.63, 3.8) is 0 Å². The van der Waals surface area contributed by atoms with Crippen molar-refractivity contribution in [2.45, 2.75) is 37.2 Å². The predicted octanol–water partition coefficient (Wildman–Crippen LogP) is 4.76. The number of aromatic nitrogens is 2. The molecule has 0 bridgehead atoms. The van der Waals surface area contributed by atoms with Crippen molar-refractivity contribution in [1.82, 2.24) is 13.9 Å². The van der Waals surface area contributed by atoms with E-state index in [-0.39, 0.29) is 23.3 Å². The quantitative estimate of drug-likeness (QED) is 0.356. The molecule has 5 rings (SSSR count). The summed E-state index contributed by atoms with van der Waals surface area (Å²) < 4.78 is 30.3. The molecule has 0 amide bonds. The van der Waals surface area contributed by atoms with Crippen LogP contribution in [0.15, 0.2) is 84.0 Å². The van der Waals surface area contributed by atoms with Gasteiger partial charge in [0, 0.05) is 35.9 Å². The summed E-state index contributed by atoms with van der Waals surface area (Å²) in [5.41, 5.74) is 3.31. The number of nitrogens with zero attached hydrogens (tertiary/aromatic N) is 3. The van der Waals surface area contributed by atoms with E-state index in [9.17, 15) is 13.2 Å². The van der Waals surface area contributed by atoms with Crippen LogP contribution in [-0.2, 0) is 16.6 Å². The number of hydrogen-bond acceptors (Lipinski definition) is 4. The minimum atomic E-state index is -3.83. The van der Waals surface area contributed by atoms with Crippen molar-refractivity contribution >= 4 is 26.7 Å². The van der Waals surface area contributed by atoms with Crippen molar-refractivity contribution in [3.8, 4) is 11.3 Å². The molecular formula is C26H25N3O3S. The lowest BCUT2D eigenvalue weighted by Gasteiger charge is -2.21. The smallest absolute Gasteiger partial charge is 0.245 e. The second-order valence-electron chi connectivity index (χ2n) is 8.24. The Kier molecular flexibility index (Phi) is 5.60. The first-order valence-electron chi connectivity index (χ1n) is 11.1. The number of pyridine rings is 1. The molecule has 0 N–H and O–H groups in total. The second-order valence-corrected chi connectivity index (χ2v) is 10.1. The van der Waals surface area contributed by atoms with Gasteiger partial charge >= 0.3 is 0 Å². The van der Waals surface area contributed by atoms with Crippen LogP contribution in [0, 0.1) is 0 Å². The molecule has 33 heavy (non-hydrogen) atoms. The van der Waals surface area contributed by atoms with Gasteiger partial charge in [-0.3, -0.25) is 9.78 Å². The van der Waals surface area contributed by atoms with E-state index in [0.29, 0.717) is 12.1 Å². The zero-order chi connectivity index (χ0) is 23.0. The maximum Gasteiger partial charge on any atom is 0.245 e. The SMILES string of the molecule is CCn1c(-c2ccccc2)c(C(=O)CN(C2CC2)S(=O)(=O)c2cccnc2)c2ccccc21. The van der Waals surface area contributed by atoms with E-state index in [0.717, 1.165) is 35.0 Å². The van der Waals surface area contributed by atoms with Gasteiger partial charge in [-0.2, -0.15) is 4.31 Å². The van der Waals surface area contributed by atoms with Gasteiger partial charge in [0.05, 0.1) is 17.8 Å². The molecule has 0 aliphatic heterocycles. The van der Waals surface area contributed by atoms with Gasteiger partial charge in [-0.05, 0) is 43.5 Å². The first-order valence-corrected chi connectivity index (χ1v) is 12.6. The van der Waals surface area contributed by atoms with Gasteiger partial charge in [0.2, 0.25) is 10.0 Å². The van der Waals surface area contributed by atoms with E-state index in [1.54, 1.807) is 6.07 Å². The summed E-state index contributed by atoms with van der Waals surface area (Å²) in [6.45, 7) is 2.55. The van der Waals surface area contributed by atoms with Crippen molar-refractivity contribution in [3.05, 3.63) is 84.7 Å². The number of rotatable bonds is 8. The highest BCUT2D eigenvalue weighted by Gasteiger charge is 2.40. The Bertz CT molecular complexity index is 1410. The Labute approximate surface area is 193 Å². The summed E-state index contributed by atoms with van der Waals surface area (Å²) in [5, 5.41) is 0.845. The lowest BCUT2D eigenvalue weighted by Crippen LogP contribution is -2.37. The molecule has 2 heterocycles. The van der Waals surface area contributed by atoms with E-state index in [2.05, 4.69) is 16.5 Å². The largest absolute Gasteiger partial charge is 0.340 e. The molecule has 1 aliphatic carbocycles. The van der Waals surface area contributed by atoms with Crippen LogP contribution in [0.1, 0.15) is 30.1 Å². The van der Waals surface area contributed by atoms with Crippen LogP contribution in [0.2, 0.25) is 0 Å². The highest BCUT2D eigenvalue weighted by Crippen LogP contribution is 2.36. The zero-order valence-electron chi connectivity index (χ0n) is 18.4. The first kappa shape index (κ1) is 21.6. The van der Waals surface area contributed by atoms with Crippen LogP contribution in [-0.4, -0.2) is 40.6 Å². The summed E-state index contributed by atoms with van der Waals surface area (Å²) in [6.07, 6.45) is 4.40. The summed E-state index contributed by atoms with van der Waals surface area (Å²) in [4.78, 5) is 17.9. The average Bonchev–Trinajstić information content (AvgIpc) is 3.63. The molecule has 2 aromatic carbocycles. The summed E-state index contributed by atoms with van der Waals surface area (Å²) in [7, 11) is -3.83. The maximum atomic E-state index is 13.9. The van der Waals surface area contributed by atoms with Crippen LogP contribution < -0.4 is 0 Å². The standard InChI is InChI=1S/C26H25N3O3S/c1-2-28-23-13-7-6-12-22(23)25(26(28)19-9-4-3-5-10-19)24(30)18-29(20-14-15-20)33(31,32)21-11-8-16-27-17-21/h3-13,16-17,20H,2,14-15,18H2,1H3. The highest BCUT2D eigenvalue weighted by atomic mass is 32.2. The maximum absolute atomic E-state index is 13.9. The number of aryl methyl sites for hydroxylation is 1. The summed E-state index contributed by atoms with van der Waals surface area (Å²) in [5.74, 6) is -0.198. The molecule has 4 aromatic rings. The van der Waals surface area contributed by atoms with Gasteiger partial charge in [-0.15, -0.1) is 0 Å². The molecule has 2 aromatic heterocycles. The third-order valence-corrected chi connectivity index (χ3v) is 7.99. The number of sulfonamides is 1. The number of fused-ring (bicyclic) bond motifs is 1. The lowest BCUT2D eigenvalue weighted by molar-refractivity contribution is 0.0966. The zero-order valence-corrected chi connectivity index (χ0v) is 19.2. The topological polar surface area (TPSA) is 72.3 Å². The fourth-order valence-corrected chi connectivity index (χ4v) is 6.04. The number of Topliss-reactive ketones (excluding diaryl/α,β-unsaturated/α-hetero) is 1. The minimum absolute atomic E-state index is 0.115. The average molecular weight is 460 g/mol. The Morgan fingerprint density at radius 2 is 1.76 bits per heavy atom. The molecule has 1 saturated carbocycles. The fraction of sp³-hybridized carbons (Fsp3) is 0.231. The number of ketones is 1. The second kappa shape index (κ2) is 8.57. The number of para-hydroxylation sites is 1. The fourth-order valence-electron chi connectivity index (χ4n) is 4.44. The van der Waals surface area contributed by atoms with Crippen LogP contribution in [0.5, 0.6) is 0 Å². The first-order chi connectivity index (χ1) is 16.0. The Morgan fingerprint density at radius 1 is 1.03 bits per heavy atom. The number of carbonyl (C=O) groups is 1. The molecule has 0 unspecified atom stereocenters. The van der Waals surface area contributed by atoms with Gasteiger partial charge in [-0.1, -0.05) is 48.5 Å². The van der Waals surface area contributed by atoms with E-state index < -0.39 is 10.0 Å². The van der Waals surface area contributed by atoms with E-state index >= 15 is 0 Å².